The van der Waals surface area contributed by atoms with Gasteiger partial charge in [0.2, 0.25) is 0 Å². The second-order valence-electron chi connectivity index (χ2n) is 4.62. The number of oxime groups is 1. The first-order valence-electron chi connectivity index (χ1n) is 6.38. The predicted octanol–water partition coefficient (Wildman–Crippen LogP) is 2.35. The SMILES string of the molecule is CCC(CSC)N(C)Cc1cccc(/C(N)=N/O)c1. The van der Waals surface area contributed by atoms with Crippen molar-refractivity contribution < 1.29 is 5.21 Å². The molecule has 0 amide bonds. The van der Waals surface area contributed by atoms with E-state index in [-0.39, 0.29) is 5.84 Å². The molecule has 5 heteroatoms. The minimum Gasteiger partial charge on any atom is -0.409 e. The van der Waals surface area contributed by atoms with Crippen LogP contribution in [-0.4, -0.2) is 41.0 Å². The van der Waals surface area contributed by atoms with Crippen molar-refractivity contribution >= 4 is 17.6 Å². The van der Waals surface area contributed by atoms with Crippen LogP contribution < -0.4 is 5.73 Å². The summed E-state index contributed by atoms with van der Waals surface area (Å²) in [6.07, 6.45) is 3.27. The fourth-order valence-electron chi connectivity index (χ4n) is 2.05. The highest BCUT2D eigenvalue weighted by atomic mass is 32.2. The molecule has 0 aliphatic heterocycles. The molecule has 19 heavy (non-hydrogen) atoms. The first-order valence-corrected chi connectivity index (χ1v) is 7.77. The average Bonchev–Trinajstić information content (AvgIpc) is 2.43. The lowest BCUT2D eigenvalue weighted by atomic mass is 10.1. The van der Waals surface area contributed by atoms with Crippen molar-refractivity contribution in [3.05, 3.63) is 35.4 Å². The maximum absolute atomic E-state index is 8.71. The summed E-state index contributed by atoms with van der Waals surface area (Å²) >= 11 is 1.87. The van der Waals surface area contributed by atoms with E-state index in [4.69, 9.17) is 10.9 Å². The van der Waals surface area contributed by atoms with Crippen molar-refractivity contribution in [2.24, 2.45) is 10.9 Å². The van der Waals surface area contributed by atoms with Crippen LogP contribution in [0.4, 0.5) is 0 Å². The van der Waals surface area contributed by atoms with Gasteiger partial charge in [-0.15, -0.1) is 0 Å². The van der Waals surface area contributed by atoms with Crippen molar-refractivity contribution in [3.8, 4) is 0 Å². The van der Waals surface area contributed by atoms with Crippen molar-refractivity contribution in [2.75, 3.05) is 19.1 Å². The van der Waals surface area contributed by atoms with Gasteiger partial charge in [0.15, 0.2) is 5.84 Å². The van der Waals surface area contributed by atoms with Crippen LogP contribution in [-0.2, 0) is 6.54 Å². The molecule has 0 saturated carbocycles. The summed E-state index contributed by atoms with van der Waals surface area (Å²) in [6, 6.07) is 8.39. The van der Waals surface area contributed by atoms with Crippen LogP contribution in [0, 0.1) is 0 Å². The van der Waals surface area contributed by atoms with Crippen LogP contribution in [0.3, 0.4) is 0 Å². The number of amidine groups is 1. The van der Waals surface area contributed by atoms with E-state index >= 15 is 0 Å². The van der Waals surface area contributed by atoms with E-state index in [2.05, 4.69) is 36.3 Å². The Morgan fingerprint density at radius 3 is 2.84 bits per heavy atom. The Kier molecular flexibility index (Phi) is 6.73. The summed E-state index contributed by atoms with van der Waals surface area (Å²) in [5.41, 5.74) is 7.54. The van der Waals surface area contributed by atoms with Gasteiger partial charge in [0.1, 0.15) is 0 Å². The molecule has 0 fully saturated rings. The molecule has 0 heterocycles. The highest BCUT2D eigenvalue weighted by Gasteiger charge is 2.12. The average molecular weight is 281 g/mol. The first kappa shape index (κ1) is 15.9. The summed E-state index contributed by atoms with van der Waals surface area (Å²) < 4.78 is 0. The molecule has 0 aliphatic rings. The van der Waals surface area contributed by atoms with Crippen LogP contribution in [0.1, 0.15) is 24.5 Å². The molecule has 3 N–H and O–H groups in total. The van der Waals surface area contributed by atoms with Crippen LogP contribution in [0.15, 0.2) is 29.4 Å². The number of thioether (sulfide) groups is 1. The Hall–Kier alpha value is -1.20. The standard InChI is InChI=1S/C14H23N3OS/c1-4-13(10-19-3)17(2)9-11-6-5-7-12(8-11)14(15)16-18/h5-8,13,18H,4,9-10H2,1-3H3,(H2,15,16). The second kappa shape index (κ2) is 8.07. The maximum Gasteiger partial charge on any atom is 0.170 e. The summed E-state index contributed by atoms with van der Waals surface area (Å²) in [4.78, 5) is 2.35. The van der Waals surface area contributed by atoms with E-state index in [0.717, 1.165) is 24.3 Å². The topological polar surface area (TPSA) is 61.8 Å². The first-order chi connectivity index (χ1) is 9.12. The second-order valence-corrected chi connectivity index (χ2v) is 5.53. The van der Waals surface area contributed by atoms with Gasteiger partial charge in [-0.05, 0) is 31.4 Å². The summed E-state index contributed by atoms with van der Waals surface area (Å²) in [6.45, 7) is 3.08. The molecule has 0 aromatic heterocycles. The van der Waals surface area contributed by atoms with Crippen molar-refractivity contribution in [3.63, 3.8) is 0 Å². The Morgan fingerprint density at radius 1 is 1.53 bits per heavy atom. The van der Waals surface area contributed by atoms with E-state index in [1.807, 2.05) is 30.0 Å². The summed E-state index contributed by atoms with van der Waals surface area (Å²) in [7, 11) is 2.14. The number of nitrogens with zero attached hydrogens (tertiary/aromatic N) is 2. The van der Waals surface area contributed by atoms with E-state index in [1.54, 1.807) is 0 Å². The summed E-state index contributed by atoms with van der Waals surface area (Å²) in [5, 5.41) is 11.7. The predicted molar refractivity (Wildman–Crippen MR) is 82.9 cm³/mol. The van der Waals surface area contributed by atoms with Crippen LogP contribution in [0.25, 0.3) is 0 Å². The van der Waals surface area contributed by atoms with Gasteiger partial charge in [0, 0.05) is 23.9 Å². The monoisotopic (exact) mass is 281 g/mol. The largest absolute Gasteiger partial charge is 0.409 e. The number of benzene rings is 1. The molecule has 0 spiro atoms. The molecule has 1 atom stereocenters. The third-order valence-corrected chi connectivity index (χ3v) is 3.93. The van der Waals surface area contributed by atoms with E-state index < -0.39 is 0 Å². The van der Waals surface area contributed by atoms with Gasteiger partial charge in [0.25, 0.3) is 0 Å². The molecule has 0 radical (unpaired) electrons. The van der Waals surface area contributed by atoms with Gasteiger partial charge < -0.3 is 10.9 Å². The van der Waals surface area contributed by atoms with Gasteiger partial charge in [-0.2, -0.15) is 11.8 Å². The minimum atomic E-state index is 0.153. The highest BCUT2D eigenvalue weighted by molar-refractivity contribution is 7.98. The van der Waals surface area contributed by atoms with E-state index in [9.17, 15) is 0 Å². The zero-order chi connectivity index (χ0) is 14.3. The highest BCUT2D eigenvalue weighted by Crippen LogP contribution is 2.13. The van der Waals surface area contributed by atoms with E-state index in [0.29, 0.717) is 6.04 Å². The van der Waals surface area contributed by atoms with Gasteiger partial charge >= 0.3 is 0 Å². The molecular weight excluding hydrogens is 258 g/mol. The Balaban J connectivity index is 2.76. The summed E-state index contributed by atoms with van der Waals surface area (Å²) in [5.74, 6) is 1.29. The van der Waals surface area contributed by atoms with Crippen molar-refractivity contribution in [1.82, 2.24) is 4.90 Å². The Labute approximate surface area is 119 Å². The molecule has 1 unspecified atom stereocenters. The number of nitrogens with two attached hydrogens (primary N) is 1. The molecule has 1 aromatic carbocycles. The number of rotatable bonds is 7. The number of hydrogen-bond acceptors (Lipinski definition) is 4. The Morgan fingerprint density at radius 2 is 2.26 bits per heavy atom. The zero-order valence-electron chi connectivity index (χ0n) is 11.8. The minimum absolute atomic E-state index is 0.153. The fourth-order valence-corrected chi connectivity index (χ4v) is 2.93. The van der Waals surface area contributed by atoms with Gasteiger partial charge in [0.05, 0.1) is 0 Å². The third-order valence-electron chi connectivity index (χ3n) is 3.22. The van der Waals surface area contributed by atoms with E-state index in [1.165, 1.54) is 5.56 Å². The molecule has 0 aliphatic carbocycles. The third kappa shape index (κ3) is 4.76. The quantitative estimate of drug-likeness (QED) is 0.348. The van der Waals surface area contributed by atoms with Gasteiger partial charge in [-0.25, -0.2) is 0 Å². The lowest BCUT2D eigenvalue weighted by Crippen LogP contribution is -2.32. The normalized spacial score (nSPS) is 13.8. The maximum atomic E-state index is 8.71. The van der Waals surface area contributed by atoms with Crippen LogP contribution >= 0.6 is 11.8 Å². The molecular formula is C14H23N3OS. The fraction of sp³-hybridized carbons (Fsp3) is 0.500. The van der Waals surface area contributed by atoms with Gasteiger partial charge in [-0.3, -0.25) is 4.90 Å². The molecule has 4 nitrogen and oxygen atoms in total. The van der Waals surface area contributed by atoms with Crippen LogP contribution in [0.5, 0.6) is 0 Å². The van der Waals surface area contributed by atoms with Crippen LogP contribution in [0.2, 0.25) is 0 Å². The lowest BCUT2D eigenvalue weighted by Gasteiger charge is -2.26. The lowest BCUT2D eigenvalue weighted by molar-refractivity contribution is 0.248. The zero-order valence-corrected chi connectivity index (χ0v) is 12.7. The molecule has 0 saturated heterocycles. The Bertz CT molecular complexity index is 423. The van der Waals surface area contributed by atoms with Gasteiger partial charge in [-0.1, -0.05) is 30.3 Å². The smallest absolute Gasteiger partial charge is 0.170 e. The molecule has 1 rings (SSSR count). The molecule has 106 valence electrons. The molecule has 0 bridgehead atoms. The number of hydrogen-bond donors (Lipinski definition) is 2. The van der Waals surface area contributed by atoms with Crippen molar-refractivity contribution in [1.29, 1.82) is 0 Å². The molecule has 1 aromatic rings. The van der Waals surface area contributed by atoms with Crippen molar-refractivity contribution in [2.45, 2.75) is 25.9 Å².